The van der Waals surface area contributed by atoms with E-state index in [1.165, 1.54) is 23.1 Å². The van der Waals surface area contributed by atoms with Gasteiger partial charge in [-0.05, 0) is 54.8 Å². The van der Waals surface area contributed by atoms with Gasteiger partial charge in [-0.2, -0.15) is 0 Å². The number of para-hydroxylation sites is 1. The van der Waals surface area contributed by atoms with Crippen LogP contribution in [0, 0.1) is 19.7 Å². The number of aliphatic hydroxyl groups is 1. The van der Waals surface area contributed by atoms with Crippen LogP contribution in [-0.4, -0.2) is 16.8 Å². The summed E-state index contributed by atoms with van der Waals surface area (Å²) in [5.74, 6) is -2.21. The normalized spacial score (nSPS) is 18.1. The number of rotatable bonds is 3. The van der Waals surface area contributed by atoms with Gasteiger partial charge in [-0.25, -0.2) is 4.39 Å². The Kier molecular flexibility index (Phi) is 4.96. The van der Waals surface area contributed by atoms with Gasteiger partial charge in [0.1, 0.15) is 11.6 Å². The lowest BCUT2D eigenvalue weighted by Gasteiger charge is -2.26. The lowest BCUT2D eigenvalue weighted by atomic mass is 9.94. The van der Waals surface area contributed by atoms with Crippen LogP contribution < -0.4 is 4.90 Å². The zero-order valence-electron chi connectivity index (χ0n) is 16.6. The Morgan fingerprint density at radius 1 is 0.900 bits per heavy atom. The molecule has 1 amide bonds. The van der Waals surface area contributed by atoms with Crippen molar-refractivity contribution in [2.75, 3.05) is 4.90 Å². The minimum atomic E-state index is -0.794. The third kappa shape index (κ3) is 3.18. The Morgan fingerprint density at radius 2 is 1.57 bits per heavy atom. The number of amides is 1. The van der Waals surface area contributed by atoms with E-state index < -0.39 is 23.5 Å². The molecule has 5 heteroatoms. The zero-order valence-corrected chi connectivity index (χ0v) is 16.6. The fourth-order valence-corrected chi connectivity index (χ4v) is 3.81. The van der Waals surface area contributed by atoms with Crippen molar-refractivity contribution in [1.29, 1.82) is 0 Å². The highest BCUT2D eigenvalue weighted by atomic mass is 19.1. The Hall–Kier alpha value is -3.73. The zero-order chi connectivity index (χ0) is 21.4. The summed E-state index contributed by atoms with van der Waals surface area (Å²) in [6.45, 7) is 3.44. The van der Waals surface area contributed by atoms with Crippen LogP contribution in [0.5, 0.6) is 0 Å². The number of anilines is 1. The predicted molar refractivity (Wildman–Crippen MR) is 114 cm³/mol. The molecule has 30 heavy (non-hydrogen) atoms. The van der Waals surface area contributed by atoms with Crippen LogP contribution in [0.15, 0.2) is 78.4 Å². The molecule has 0 saturated carbocycles. The molecule has 1 fully saturated rings. The SMILES string of the molecule is Cc1cc(/C(O)=C2/C(=O)C(=O)N(c3ccccc3C)C2c2ccccc2)ccc1F. The van der Waals surface area contributed by atoms with E-state index in [-0.39, 0.29) is 16.9 Å². The number of carbonyl (C=O) groups excluding carboxylic acids is 2. The Bertz CT molecular complexity index is 1180. The number of hydrogen-bond donors (Lipinski definition) is 1. The molecule has 1 aliphatic rings. The van der Waals surface area contributed by atoms with Crippen LogP contribution in [0.25, 0.3) is 5.76 Å². The maximum Gasteiger partial charge on any atom is 0.300 e. The van der Waals surface area contributed by atoms with Crippen molar-refractivity contribution in [1.82, 2.24) is 0 Å². The monoisotopic (exact) mass is 401 g/mol. The highest BCUT2D eigenvalue weighted by Gasteiger charge is 2.47. The molecule has 0 spiro atoms. The summed E-state index contributed by atoms with van der Waals surface area (Å²) in [5, 5.41) is 11.0. The number of ketones is 1. The Morgan fingerprint density at radius 3 is 2.23 bits per heavy atom. The molecule has 3 aromatic carbocycles. The van der Waals surface area contributed by atoms with Crippen LogP contribution >= 0.6 is 0 Å². The molecule has 150 valence electrons. The third-order valence-corrected chi connectivity index (χ3v) is 5.37. The number of benzene rings is 3. The minimum absolute atomic E-state index is 0.0135. The molecule has 1 saturated heterocycles. The first kappa shape index (κ1) is 19.6. The maximum atomic E-state index is 13.7. The highest BCUT2D eigenvalue weighted by Crippen LogP contribution is 2.43. The van der Waals surface area contributed by atoms with Gasteiger partial charge < -0.3 is 5.11 Å². The van der Waals surface area contributed by atoms with Crippen LogP contribution in [0.2, 0.25) is 0 Å². The summed E-state index contributed by atoms with van der Waals surface area (Å²) >= 11 is 0. The van der Waals surface area contributed by atoms with Crippen LogP contribution in [-0.2, 0) is 9.59 Å². The van der Waals surface area contributed by atoms with E-state index in [9.17, 15) is 19.1 Å². The molecule has 3 aromatic rings. The van der Waals surface area contributed by atoms with Crippen molar-refractivity contribution in [2.45, 2.75) is 19.9 Å². The molecule has 1 aliphatic heterocycles. The fourth-order valence-electron chi connectivity index (χ4n) is 3.81. The van der Waals surface area contributed by atoms with Gasteiger partial charge in [-0.1, -0.05) is 48.5 Å². The molecule has 4 rings (SSSR count). The van der Waals surface area contributed by atoms with Crippen molar-refractivity contribution in [2.24, 2.45) is 0 Å². The average molecular weight is 401 g/mol. The summed E-state index contributed by atoms with van der Waals surface area (Å²) in [6.07, 6.45) is 0. The van der Waals surface area contributed by atoms with E-state index in [4.69, 9.17) is 0 Å². The second kappa shape index (κ2) is 7.59. The van der Waals surface area contributed by atoms with Crippen molar-refractivity contribution >= 4 is 23.1 Å². The van der Waals surface area contributed by atoms with Crippen LogP contribution in [0.4, 0.5) is 10.1 Å². The molecule has 1 N–H and O–H groups in total. The standard InChI is InChI=1S/C25H20FNO3/c1-15-8-6-7-11-20(15)27-22(17-9-4-3-5-10-17)21(24(29)25(27)30)23(28)18-12-13-19(26)16(2)14-18/h3-14,22,28H,1-2H3/b23-21-. The number of aryl methyl sites for hydroxylation is 2. The fraction of sp³-hybridized carbons (Fsp3) is 0.120. The molecular weight excluding hydrogens is 381 g/mol. The smallest absolute Gasteiger partial charge is 0.300 e. The van der Waals surface area contributed by atoms with Crippen LogP contribution in [0.1, 0.15) is 28.3 Å². The lowest BCUT2D eigenvalue weighted by Crippen LogP contribution is -2.30. The van der Waals surface area contributed by atoms with Gasteiger partial charge in [0.2, 0.25) is 0 Å². The number of halogens is 1. The second-order valence-electron chi connectivity index (χ2n) is 7.33. The molecule has 4 nitrogen and oxygen atoms in total. The summed E-state index contributed by atoms with van der Waals surface area (Å²) in [6, 6.07) is 19.7. The van der Waals surface area contributed by atoms with Gasteiger partial charge in [-0.3, -0.25) is 14.5 Å². The van der Waals surface area contributed by atoms with E-state index in [1.54, 1.807) is 19.1 Å². The molecule has 1 unspecified atom stereocenters. The van der Waals surface area contributed by atoms with Gasteiger partial charge in [0, 0.05) is 11.3 Å². The average Bonchev–Trinajstić information content (AvgIpc) is 3.01. The van der Waals surface area contributed by atoms with Crippen LogP contribution in [0.3, 0.4) is 0 Å². The molecular formula is C25H20FNO3. The number of Topliss-reactive ketones (excluding diaryl/α,β-unsaturated/α-hetero) is 1. The lowest BCUT2D eigenvalue weighted by molar-refractivity contribution is -0.132. The molecule has 0 aromatic heterocycles. The molecule has 0 radical (unpaired) electrons. The van der Waals surface area contributed by atoms with Gasteiger partial charge in [0.25, 0.3) is 11.7 Å². The van der Waals surface area contributed by atoms with E-state index in [0.29, 0.717) is 16.8 Å². The van der Waals surface area contributed by atoms with E-state index >= 15 is 0 Å². The minimum Gasteiger partial charge on any atom is -0.507 e. The summed E-state index contributed by atoms with van der Waals surface area (Å²) < 4.78 is 13.7. The molecule has 0 bridgehead atoms. The topological polar surface area (TPSA) is 57.6 Å². The highest BCUT2D eigenvalue weighted by molar-refractivity contribution is 6.51. The molecule has 0 aliphatic carbocycles. The van der Waals surface area contributed by atoms with E-state index in [0.717, 1.165) is 5.56 Å². The maximum absolute atomic E-state index is 13.7. The van der Waals surface area contributed by atoms with Crippen molar-refractivity contribution in [3.05, 3.63) is 106 Å². The summed E-state index contributed by atoms with van der Waals surface area (Å²) in [5.41, 5.74) is 2.74. The molecule has 1 atom stereocenters. The van der Waals surface area contributed by atoms with Crippen molar-refractivity contribution in [3.63, 3.8) is 0 Å². The number of nitrogens with zero attached hydrogens (tertiary/aromatic N) is 1. The Labute approximate surface area is 173 Å². The van der Waals surface area contributed by atoms with E-state index in [1.807, 2.05) is 49.4 Å². The van der Waals surface area contributed by atoms with Crippen molar-refractivity contribution in [3.8, 4) is 0 Å². The summed E-state index contributed by atoms with van der Waals surface area (Å²) in [4.78, 5) is 27.6. The Balaban J connectivity index is 1.97. The first-order valence-corrected chi connectivity index (χ1v) is 9.58. The van der Waals surface area contributed by atoms with E-state index in [2.05, 4.69) is 0 Å². The second-order valence-corrected chi connectivity index (χ2v) is 7.33. The predicted octanol–water partition coefficient (Wildman–Crippen LogP) is 5.07. The number of carbonyl (C=O) groups is 2. The number of aliphatic hydroxyl groups excluding tert-OH is 1. The summed E-state index contributed by atoms with van der Waals surface area (Å²) in [7, 11) is 0. The molecule has 1 heterocycles. The van der Waals surface area contributed by atoms with Gasteiger partial charge in [-0.15, -0.1) is 0 Å². The van der Waals surface area contributed by atoms with Gasteiger partial charge >= 0.3 is 0 Å². The first-order valence-electron chi connectivity index (χ1n) is 9.58. The van der Waals surface area contributed by atoms with Crippen molar-refractivity contribution < 1.29 is 19.1 Å². The first-order chi connectivity index (χ1) is 14.4. The number of hydrogen-bond acceptors (Lipinski definition) is 3. The quantitative estimate of drug-likeness (QED) is 0.379. The van der Waals surface area contributed by atoms with Gasteiger partial charge in [0.05, 0.1) is 11.6 Å². The third-order valence-electron chi connectivity index (χ3n) is 5.37. The largest absolute Gasteiger partial charge is 0.507 e. The van der Waals surface area contributed by atoms with Gasteiger partial charge in [0.15, 0.2) is 0 Å².